The third-order valence-corrected chi connectivity index (χ3v) is 5.51. The Bertz CT molecular complexity index is 988. The van der Waals surface area contributed by atoms with Gasteiger partial charge in [-0.3, -0.25) is 9.52 Å². The van der Waals surface area contributed by atoms with Gasteiger partial charge in [0.05, 0.1) is 28.8 Å². The quantitative estimate of drug-likeness (QED) is 0.476. The number of para-hydroxylation sites is 1. The van der Waals surface area contributed by atoms with Crippen LogP contribution in [0.2, 0.25) is 0 Å². The molecule has 2 rings (SSSR count). The first kappa shape index (κ1) is 22.4. The highest BCUT2D eigenvalue weighted by Gasteiger charge is 2.21. The van der Waals surface area contributed by atoms with E-state index in [1.165, 1.54) is 37.4 Å². The van der Waals surface area contributed by atoms with Crippen molar-refractivity contribution in [2.24, 2.45) is 0 Å². The van der Waals surface area contributed by atoms with Crippen molar-refractivity contribution in [3.05, 3.63) is 59.2 Å². The fourth-order valence-corrected chi connectivity index (χ4v) is 3.69. The van der Waals surface area contributed by atoms with Crippen LogP contribution in [0.25, 0.3) is 0 Å². The van der Waals surface area contributed by atoms with Gasteiger partial charge in [-0.1, -0.05) is 18.2 Å². The molecule has 0 aliphatic rings. The van der Waals surface area contributed by atoms with Crippen molar-refractivity contribution in [2.45, 2.75) is 18.2 Å². The smallest absolute Gasteiger partial charge is 0.338 e. The zero-order valence-corrected chi connectivity index (χ0v) is 17.3. The molecule has 8 nitrogen and oxygen atoms in total. The van der Waals surface area contributed by atoms with Crippen LogP contribution in [-0.4, -0.2) is 47.7 Å². The van der Waals surface area contributed by atoms with Gasteiger partial charge >= 0.3 is 5.97 Å². The van der Waals surface area contributed by atoms with Crippen molar-refractivity contribution >= 4 is 27.6 Å². The highest BCUT2D eigenvalue weighted by molar-refractivity contribution is 7.92. The van der Waals surface area contributed by atoms with E-state index in [9.17, 15) is 18.0 Å². The van der Waals surface area contributed by atoms with Gasteiger partial charge in [-0.05, 0) is 43.2 Å². The van der Waals surface area contributed by atoms with Gasteiger partial charge in [0, 0.05) is 20.3 Å². The lowest BCUT2D eigenvalue weighted by Crippen LogP contribution is -2.26. The molecule has 9 heteroatoms. The number of methoxy groups -OCH3 is 2. The molecule has 1 amide bonds. The lowest BCUT2D eigenvalue weighted by Gasteiger charge is -2.14. The van der Waals surface area contributed by atoms with Crippen LogP contribution in [0.4, 0.5) is 5.69 Å². The third-order valence-electron chi connectivity index (χ3n) is 4.15. The Balaban J connectivity index is 2.27. The second-order valence-corrected chi connectivity index (χ2v) is 7.90. The van der Waals surface area contributed by atoms with Gasteiger partial charge < -0.3 is 14.8 Å². The van der Waals surface area contributed by atoms with Crippen LogP contribution in [0.3, 0.4) is 0 Å². The normalized spacial score (nSPS) is 11.0. The first-order valence-electron chi connectivity index (χ1n) is 8.88. The molecular weight excluding hydrogens is 396 g/mol. The molecule has 0 aliphatic heterocycles. The van der Waals surface area contributed by atoms with Crippen LogP contribution >= 0.6 is 0 Å². The maximum atomic E-state index is 12.8. The minimum absolute atomic E-state index is 0.112. The lowest BCUT2D eigenvalue weighted by molar-refractivity contribution is 0.0599. The molecule has 0 radical (unpaired) electrons. The molecule has 0 saturated heterocycles. The summed E-state index contributed by atoms with van der Waals surface area (Å²) in [5.74, 6) is -1.03. The molecule has 0 aliphatic carbocycles. The number of aryl methyl sites for hydroxylation is 1. The Morgan fingerprint density at radius 1 is 1.03 bits per heavy atom. The standard InChI is InChI=1S/C20H24N2O6S/c1-14-9-10-15(13-17(14)20(24)28-3)29(25,26)22-18-8-5-4-7-16(18)19(23)21-11-6-12-27-2/h4-5,7-10,13,22H,6,11-12H2,1-3H3,(H,21,23). The summed E-state index contributed by atoms with van der Waals surface area (Å²) < 4.78 is 37.7. The zero-order valence-electron chi connectivity index (χ0n) is 16.5. The maximum absolute atomic E-state index is 12.8. The first-order valence-corrected chi connectivity index (χ1v) is 10.4. The lowest BCUT2D eigenvalue weighted by atomic mass is 10.1. The molecular formula is C20H24N2O6S. The van der Waals surface area contributed by atoms with Crippen LogP contribution in [-0.2, 0) is 19.5 Å². The van der Waals surface area contributed by atoms with Crippen molar-refractivity contribution in [3.8, 4) is 0 Å². The highest BCUT2D eigenvalue weighted by atomic mass is 32.2. The average Bonchev–Trinajstić information content (AvgIpc) is 2.70. The molecule has 0 fully saturated rings. The topological polar surface area (TPSA) is 111 Å². The fraction of sp³-hybridized carbons (Fsp3) is 0.300. The summed E-state index contributed by atoms with van der Waals surface area (Å²) >= 11 is 0. The van der Waals surface area contributed by atoms with Crippen molar-refractivity contribution in [1.82, 2.24) is 5.32 Å². The van der Waals surface area contributed by atoms with E-state index in [0.717, 1.165) is 0 Å². The number of amides is 1. The molecule has 0 saturated carbocycles. The Labute approximate surface area is 170 Å². The number of benzene rings is 2. The van der Waals surface area contributed by atoms with E-state index in [4.69, 9.17) is 9.47 Å². The number of rotatable bonds is 9. The average molecular weight is 420 g/mol. The van der Waals surface area contributed by atoms with E-state index in [-0.39, 0.29) is 21.7 Å². The Kier molecular flexibility index (Phi) is 7.74. The van der Waals surface area contributed by atoms with Crippen LogP contribution in [0, 0.1) is 6.92 Å². The zero-order chi connectivity index (χ0) is 21.4. The predicted molar refractivity (Wildman–Crippen MR) is 109 cm³/mol. The van der Waals surface area contributed by atoms with Gasteiger partial charge in [0.15, 0.2) is 0 Å². The Hall–Kier alpha value is -2.91. The SMILES string of the molecule is COCCCNC(=O)c1ccccc1NS(=O)(=O)c1ccc(C)c(C(=O)OC)c1. The van der Waals surface area contributed by atoms with E-state index in [2.05, 4.69) is 10.0 Å². The molecule has 0 atom stereocenters. The number of sulfonamides is 1. The number of hydrogen-bond donors (Lipinski definition) is 2. The molecule has 0 spiro atoms. The third kappa shape index (κ3) is 5.78. The molecule has 2 N–H and O–H groups in total. The van der Waals surface area contributed by atoms with Crippen molar-refractivity contribution in [1.29, 1.82) is 0 Å². The predicted octanol–water partition coefficient (Wildman–Crippen LogP) is 2.35. The molecule has 0 unspecified atom stereocenters. The van der Waals surface area contributed by atoms with Crippen molar-refractivity contribution < 1.29 is 27.5 Å². The molecule has 2 aromatic carbocycles. The summed E-state index contributed by atoms with van der Waals surface area (Å²) in [5.41, 5.74) is 1.07. The first-order chi connectivity index (χ1) is 13.8. The molecule has 2 aromatic rings. The maximum Gasteiger partial charge on any atom is 0.338 e. The minimum atomic E-state index is -4.04. The van der Waals surface area contributed by atoms with Crippen molar-refractivity contribution in [3.63, 3.8) is 0 Å². The minimum Gasteiger partial charge on any atom is -0.465 e. The van der Waals surface area contributed by atoms with Gasteiger partial charge in [0.25, 0.3) is 15.9 Å². The number of nitrogens with one attached hydrogen (secondary N) is 2. The van der Waals surface area contributed by atoms with Crippen LogP contribution in [0.15, 0.2) is 47.4 Å². The Morgan fingerprint density at radius 2 is 1.76 bits per heavy atom. The second-order valence-electron chi connectivity index (χ2n) is 6.22. The van der Waals surface area contributed by atoms with Crippen molar-refractivity contribution in [2.75, 3.05) is 32.1 Å². The molecule has 156 valence electrons. The number of carbonyl (C=O) groups is 2. The summed E-state index contributed by atoms with van der Waals surface area (Å²) in [4.78, 5) is 24.2. The second kappa shape index (κ2) is 10.0. The molecule has 0 bridgehead atoms. The van der Waals surface area contributed by atoms with Gasteiger partial charge in [0.2, 0.25) is 0 Å². The summed E-state index contributed by atoms with van der Waals surface area (Å²) in [6, 6.07) is 10.4. The van der Waals surface area contributed by atoms with Gasteiger partial charge in [-0.25, -0.2) is 13.2 Å². The molecule has 29 heavy (non-hydrogen) atoms. The van der Waals surface area contributed by atoms with Gasteiger partial charge in [-0.15, -0.1) is 0 Å². The molecule has 0 aromatic heterocycles. The summed E-state index contributed by atoms with van der Waals surface area (Å²) in [7, 11) is -1.24. The Morgan fingerprint density at radius 3 is 2.45 bits per heavy atom. The largest absolute Gasteiger partial charge is 0.465 e. The van der Waals surface area contributed by atoms with Crippen LogP contribution < -0.4 is 10.0 Å². The highest BCUT2D eigenvalue weighted by Crippen LogP contribution is 2.22. The number of anilines is 1. The molecule has 0 heterocycles. The monoisotopic (exact) mass is 420 g/mol. The summed E-state index contributed by atoms with van der Waals surface area (Å²) in [6.45, 7) is 2.58. The van der Waals surface area contributed by atoms with E-state index >= 15 is 0 Å². The fourth-order valence-electron chi connectivity index (χ4n) is 2.59. The number of ether oxygens (including phenoxy) is 2. The summed E-state index contributed by atoms with van der Waals surface area (Å²) in [6.07, 6.45) is 0.635. The van der Waals surface area contributed by atoms with Crippen LogP contribution in [0.1, 0.15) is 32.7 Å². The number of hydrogen-bond acceptors (Lipinski definition) is 6. The van der Waals surface area contributed by atoms with E-state index in [1.54, 1.807) is 26.2 Å². The number of carbonyl (C=O) groups excluding carboxylic acids is 2. The summed E-state index contributed by atoms with van der Waals surface area (Å²) in [5, 5.41) is 2.72. The number of esters is 1. The van der Waals surface area contributed by atoms with E-state index in [0.29, 0.717) is 25.1 Å². The van der Waals surface area contributed by atoms with E-state index in [1.807, 2.05) is 0 Å². The van der Waals surface area contributed by atoms with Crippen LogP contribution in [0.5, 0.6) is 0 Å². The van der Waals surface area contributed by atoms with Gasteiger partial charge in [-0.2, -0.15) is 0 Å². The van der Waals surface area contributed by atoms with E-state index < -0.39 is 21.9 Å². The van der Waals surface area contributed by atoms with Gasteiger partial charge in [0.1, 0.15) is 0 Å².